The van der Waals surface area contributed by atoms with E-state index in [4.69, 9.17) is 22.8 Å². The fraction of sp³-hybridized carbons (Fsp3) is 0.333. The number of hydrogen-bond acceptors (Lipinski definition) is 6. The zero-order valence-corrected chi connectivity index (χ0v) is 15.6. The summed E-state index contributed by atoms with van der Waals surface area (Å²) in [5.74, 6) is 0.768. The molecule has 0 aliphatic heterocycles. The number of likely N-dealkylation sites (N-methyl/N-ethyl adjacent to an activating group) is 1. The van der Waals surface area contributed by atoms with E-state index in [1.54, 1.807) is 17.5 Å². The van der Waals surface area contributed by atoms with E-state index in [0.29, 0.717) is 0 Å². The van der Waals surface area contributed by atoms with Gasteiger partial charge in [0.25, 0.3) is 0 Å². The molecular formula is C18H21N3OS2. The summed E-state index contributed by atoms with van der Waals surface area (Å²) in [7, 11) is 1.97. The minimum absolute atomic E-state index is 0.768. The van der Waals surface area contributed by atoms with Crippen LogP contribution in [0.5, 0.6) is 10.8 Å². The molecule has 2 heterocycles. The van der Waals surface area contributed by atoms with Crippen LogP contribution in [0, 0.1) is 12.3 Å². The normalized spacial score (nSPS) is 13.8. The number of allylic oxidation sites excluding steroid dienone is 1. The maximum atomic E-state index is 7.62. The average molecular weight is 360 g/mol. The first-order valence-electron chi connectivity index (χ1n) is 7.97. The number of nitrogens with one attached hydrogen (secondary N) is 2. The Morgan fingerprint density at radius 3 is 3.00 bits per heavy atom. The van der Waals surface area contributed by atoms with Crippen LogP contribution in [-0.2, 0) is 12.8 Å². The van der Waals surface area contributed by atoms with Crippen molar-refractivity contribution in [3.05, 3.63) is 45.6 Å². The molecule has 1 aliphatic carbocycles. The number of hydrogen-bond donors (Lipinski definition) is 3. The fourth-order valence-electron chi connectivity index (χ4n) is 2.86. The van der Waals surface area contributed by atoms with Gasteiger partial charge in [0, 0.05) is 27.8 Å². The summed E-state index contributed by atoms with van der Waals surface area (Å²) in [6, 6.07) is 3.81. The lowest BCUT2D eigenvalue weighted by Crippen LogP contribution is -2.11. The molecule has 2 N–H and O–H groups in total. The number of aryl methyl sites for hydroxylation is 1. The number of nitrogens with zero attached hydrogens (tertiary/aromatic N) is 1. The summed E-state index contributed by atoms with van der Waals surface area (Å²) in [6.45, 7) is 2.87. The van der Waals surface area contributed by atoms with Gasteiger partial charge in [-0.1, -0.05) is 0 Å². The van der Waals surface area contributed by atoms with E-state index in [1.165, 1.54) is 16.7 Å². The Hall–Kier alpha value is -1.63. The molecule has 0 atom stereocenters. The Morgan fingerprint density at radius 1 is 1.46 bits per heavy atom. The molecule has 0 saturated heterocycles. The second-order valence-electron chi connectivity index (χ2n) is 5.73. The molecule has 126 valence electrons. The Balaban J connectivity index is 2.06. The van der Waals surface area contributed by atoms with Crippen LogP contribution in [0.4, 0.5) is 0 Å². The van der Waals surface area contributed by atoms with Crippen LogP contribution in [-0.4, -0.2) is 24.8 Å². The van der Waals surface area contributed by atoms with E-state index in [0.717, 1.165) is 58.4 Å². The molecule has 2 aromatic rings. The highest BCUT2D eigenvalue weighted by molar-refractivity contribution is 7.90. The SMILES string of the molecule is CNCCc1sc(Oc2cccnc2C)c2c1CCC(C=N)=C2S. The standard InChI is InChI=1S/C18H21N3OS2/c1-11-14(4-3-8-21-11)22-18-16-13(15(24-18)7-9-20-2)6-5-12(10-19)17(16)23/h3-4,8,10,19-20,23H,5-7,9H2,1-2H3. The van der Waals surface area contributed by atoms with E-state index in [2.05, 4.69) is 10.3 Å². The van der Waals surface area contributed by atoms with Crippen molar-refractivity contribution in [2.45, 2.75) is 26.2 Å². The molecule has 0 bridgehead atoms. The van der Waals surface area contributed by atoms with Gasteiger partial charge in [0.2, 0.25) is 0 Å². The van der Waals surface area contributed by atoms with Gasteiger partial charge in [-0.15, -0.1) is 24.0 Å². The summed E-state index contributed by atoms with van der Waals surface area (Å²) in [6.07, 6.45) is 5.95. The second kappa shape index (κ2) is 7.51. The maximum absolute atomic E-state index is 7.62. The molecule has 1 aliphatic rings. The molecule has 6 heteroatoms. The predicted octanol–water partition coefficient (Wildman–Crippen LogP) is 4.24. The van der Waals surface area contributed by atoms with Crippen molar-refractivity contribution < 1.29 is 4.74 Å². The molecule has 0 saturated carbocycles. The number of fused-ring (bicyclic) bond motifs is 1. The Morgan fingerprint density at radius 2 is 2.29 bits per heavy atom. The summed E-state index contributed by atoms with van der Waals surface area (Å²) in [5, 5.41) is 11.7. The quantitative estimate of drug-likeness (QED) is 0.534. The predicted molar refractivity (Wildman–Crippen MR) is 104 cm³/mol. The van der Waals surface area contributed by atoms with Gasteiger partial charge >= 0.3 is 0 Å². The minimum Gasteiger partial charge on any atom is -0.444 e. The topological polar surface area (TPSA) is 58.0 Å². The van der Waals surface area contributed by atoms with Crippen molar-refractivity contribution in [2.75, 3.05) is 13.6 Å². The molecule has 0 unspecified atom stereocenters. The lowest BCUT2D eigenvalue weighted by molar-refractivity contribution is 0.487. The highest BCUT2D eigenvalue weighted by atomic mass is 32.1. The monoisotopic (exact) mass is 359 g/mol. The molecular weight excluding hydrogens is 338 g/mol. The van der Waals surface area contributed by atoms with Crippen LogP contribution in [0.1, 0.15) is 28.1 Å². The summed E-state index contributed by atoms with van der Waals surface area (Å²) < 4.78 is 6.21. The third-order valence-electron chi connectivity index (χ3n) is 4.18. The van der Waals surface area contributed by atoms with Gasteiger partial charge in [-0.3, -0.25) is 4.98 Å². The van der Waals surface area contributed by atoms with E-state index < -0.39 is 0 Å². The van der Waals surface area contributed by atoms with E-state index >= 15 is 0 Å². The van der Waals surface area contributed by atoms with Crippen LogP contribution in [0.2, 0.25) is 0 Å². The molecule has 2 aromatic heterocycles. The van der Waals surface area contributed by atoms with E-state index in [1.807, 2.05) is 26.1 Å². The van der Waals surface area contributed by atoms with Crippen molar-refractivity contribution in [1.29, 1.82) is 5.41 Å². The molecule has 0 radical (unpaired) electrons. The van der Waals surface area contributed by atoms with Crippen molar-refractivity contribution in [3.8, 4) is 10.8 Å². The molecule has 0 fully saturated rings. The van der Waals surface area contributed by atoms with Crippen molar-refractivity contribution in [1.82, 2.24) is 10.3 Å². The number of pyridine rings is 1. The summed E-state index contributed by atoms with van der Waals surface area (Å²) in [5.41, 5.74) is 4.21. The van der Waals surface area contributed by atoms with Crippen molar-refractivity contribution in [2.24, 2.45) is 0 Å². The summed E-state index contributed by atoms with van der Waals surface area (Å²) >= 11 is 6.39. The lowest BCUT2D eigenvalue weighted by Gasteiger charge is -2.17. The maximum Gasteiger partial charge on any atom is 0.189 e. The zero-order valence-electron chi connectivity index (χ0n) is 13.8. The largest absolute Gasteiger partial charge is 0.444 e. The number of aromatic nitrogens is 1. The molecule has 3 rings (SSSR count). The number of rotatable bonds is 6. The third-order valence-corrected chi connectivity index (χ3v) is 5.86. The zero-order chi connectivity index (χ0) is 17.1. The van der Waals surface area contributed by atoms with Gasteiger partial charge in [0.15, 0.2) is 5.06 Å². The van der Waals surface area contributed by atoms with Gasteiger partial charge < -0.3 is 15.5 Å². The highest BCUT2D eigenvalue weighted by Gasteiger charge is 2.26. The van der Waals surface area contributed by atoms with Gasteiger partial charge in [-0.2, -0.15) is 0 Å². The number of thiophene rings is 1. The molecule has 4 nitrogen and oxygen atoms in total. The number of ether oxygens (including phenoxy) is 1. The minimum atomic E-state index is 0.768. The van der Waals surface area contributed by atoms with Crippen LogP contribution >= 0.6 is 24.0 Å². The van der Waals surface area contributed by atoms with Crippen LogP contribution in [0.15, 0.2) is 23.9 Å². The Labute approximate surface area is 151 Å². The van der Waals surface area contributed by atoms with Crippen LogP contribution < -0.4 is 10.1 Å². The molecule has 0 aromatic carbocycles. The molecule has 0 spiro atoms. The van der Waals surface area contributed by atoms with Crippen LogP contribution in [0.25, 0.3) is 4.91 Å². The van der Waals surface area contributed by atoms with E-state index in [9.17, 15) is 0 Å². The highest BCUT2D eigenvalue weighted by Crippen LogP contribution is 2.47. The molecule has 0 amide bonds. The first-order chi connectivity index (χ1) is 11.7. The third kappa shape index (κ3) is 3.27. The first kappa shape index (κ1) is 17.2. The first-order valence-corrected chi connectivity index (χ1v) is 9.23. The van der Waals surface area contributed by atoms with Crippen LogP contribution in [0.3, 0.4) is 0 Å². The van der Waals surface area contributed by atoms with Gasteiger partial charge in [0.1, 0.15) is 5.75 Å². The second-order valence-corrected chi connectivity index (χ2v) is 7.24. The summed E-state index contributed by atoms with van der Waals surface area (Å²) in [4.78, 5) is 6.51. The Bertz CT molecular complexity index is 796. The lowest BCUT2D eigenvalue weighted by atomic mass is 9.93. The van der Waals surface area contributed by atoms with Gasteiger partial charge in [-0.05, 0) is 63.0 Å². The van der Waals surface area contributed by atoms with Crippen molar-refractivity contribution in [3.63, 3.8) is 0 Å². The van der Waals surface area contributed by atoms with E-state index in [-0.39, 0.29) is 0 Å². The number of thiol groups is 1. The average Bonchev–Trinajstić information content (AvgIpc) is 2.94. The van der Waals surface area contributed by atoms with Gasteiger partial charge in [0.05, 0.1) is 5.69 Å². The van der Waals surface area contributed by atoms with Gasteiger partial charge in [-0.25, -0.2) is 0 Å². The molecule has 24 heavy (non-hydrogen) atoms. The van der Waals surface area contributed by atoms with Crippen molar-refractivity contribution >= 4 is 35.1 Å². The smallest absolute Gasteiger partial charge is 0.189 e. The Kier molecular flexibility index (Phi) is 5.38. The fourth-order valence-corrected chi connectivity index (χ4v) is 4.56.